The Morgan fingerprint density at radius 1 is 1.07 bits per heavy atom. The highest BCUT2D eigenvalue weighted by atomic mass is 16.5. The number of allylic oxidation sites excluding steroid dienone is 2. The first-order valence-electron chi connectivity index (χ1n) is 12.8. The van der Waals surface area contributed by atoms with E-state index in [1.165, 1.54) is 50.5 Å². The molecule has 3 nitrogen and oxygen atoms in total. The quantitative estimate of drug-likeness (QED) is 0.396. The number of carbonyl (C=O) groups is 2. The van der Waals surface area contributed by atoms with Crippen molar-refractivity contribution in [2.75, 3.05) is 0 Å². The predicted octanol–water partition coefficient (Wildman–Crippen LogP) is 6.40. The Labute approximate surface area is 182 Å². The summed E-state index contributed by atoms with van der Waals surface area (Å²) in [5.74, 6) is 3.32. The van der Waals surface area contributed by atoms with Crippen LogP contribution in [-0.2, 0) is 14.3 Å². The van der Waals surface area contributed by atoms with Gasteiger partial charge in [-0.05, 0) is 74.0 Å². The summed E-state index contributed by atoms with van der Waals surface area (Å²) in [6, 6.07) is 0. The fourth-order valence-corrected chi connectivity index (χ4v) is 8.46. The van der Waals surface area contributed by atoms with Crippen LogP contribution in [0.3, 0.4) is 0 Å². The molecule has 3 unspecified atom stereocenters. The number of hydrogen-bond donors (Lipinski definition) is 0. The van der Waals surface area contributed by atoms with Gasteiger partial charge in [0.05, 0.1) is 0 Å². The van der Waals surface area contributed by atoms with Crippen molar-refractivity contribution >= 4 is 11.8 Å². The molecule has 166 valence electrons. The Hall–Kier alpha value is -1.12. The van der Waals surface area contributed by atoms with Gasteiger partial charge < -0.3 is 4.74 Å². The molecule has 3 heteroatoms. The van der Waals surface area contributed by atoms with Crippen molar-refractivity contribution in [1.82, 2.24) is 0 Å². The third-order valence-corrected chi connectivity index (χ3v) is 10.4. The van der Waals surface area contributed by atoms with Gasteiger partial charge in [0.1, 0.15) is 11.9 Å². The number of rotatable bonds is 4. The maximum atomic E-state index is 12.7. The molecule has 0 aromatic carbocycles. The molecule has 0 aliphatic heterocycles. The van der Waals surface area contributed by atoms with Crippen LogP contribution in [0.5, 0.6) is 0 Å². The summed E-state index contributed by atoms with van der Waals surface area (Å²) in [6.45, 7) is 4.86. The molecule has 6 atom stereocenters. The molecule has 0 spiro atoms. The molecule has 0 aromatic heterocycles. The number of carbonyl (C=O) groups excluding carboxylic acids is 2. The molecule has 5 rings (SSSR count). The van der Waals surface area contributed by atoms with Crippen molar-refractivity contribution in [3.05, 3.63) is 11.6 Å². The predicted molar refractivity (Wildman–Crippen MR) is 118 cm³/mol. The van der Waals surface area contributed by atoms with E-state index in [4.69, 9.17) is 4.74 Å². The molecule has 4 saturated carbocycles. The molecule has 5 aliphatic carbocycles. The van der Waals surface area contributed by atoms with Crippen LogP contribution in [0, 0.1) is 34.5 Å². The van der Waals surface area contributed by atoms with E-state index in [0.717, 1.165) is 38.0 Å². The number of Topliss-reactive ketones (excluding diaryl/α,β-unsaturated/α-hetero) is 1. The normalized spacial score (nSPS) is 43.5. The Morgan fingerprint density at radius 3 is 2.67 bits per heavy atom. The smallest absolute Gasteiger partial charge is 0.306 e. The molecule has 0 amide bonds. The maximum absolute atomic E-state index is 12.7. The van der Waals surface area contributed by atoms with Crippen molar-refractivity contribution in [2.24, 2.45) is 34.5 Å². The Kier molecular flexibility index (Phi) is 5.39. The molecule has 0 N–H and O–H groups in total. The van der Waals surface area contributed by atoms with Crippen molar-refractivity contribution in [1.29, 1.82) is 0 Å². The summed E-state index contributed by atoms with van der Waals surface area (Å²) < 4.78 is 6.17. The first-order chi connectivity index (χ1) is 14.4. The lowest BCUT2D eigenvalue weighted by Gasteiger charge is -2.57. The van der Waals surface area contributed by atoms with Gasteiger partial charge in [0, 0.05) is 24.7 Å². The molecule has 30 heavy (non-hydrogen) atoms. The van der Waals surface area contributed by atoms with Crippen LogP contribution in [0.4, 0.5) is 0 Å². The minimum atomic E-state index is 0.0551. The Morgan fingerprint density at radius 2 is 1.87 bits per heavy atom. The van der Waals surface area contributed by atoms with Gasteiger partial charge in [-0.25, -0.2) is 0 Å². The van der Waals surface area contributed by atoms with Gasteiger partial charge in [-0.3, -0.25) is 9.59 Å². The van der Waals surface area contributed by atoms with Crippen LogP contribution in [0.1, 0.15) is 104 Å². The summed E-state index contributed by atoms with van der Waals surface area (Å²) >= 11 is 0. The number of fused-ring (bicyclic) bond motifs is 5. The van der Waals surface area contributed by atoms with Gasteiger partial charge in [0.25, 0.3) is 0 Å². The Bertz CT molecular complexity index is 732. The average molecular weight is 413 g/mol. The molecule has 0 aromatic rings. The van der Waals surface area contributed by atoms with Gasteiger partial charge in [-0.1, -0.05) is 51.2 Å². The lowest BCUT2D eigenvalue weighted by Crippen LogP contribution is -2.51. The van der Waals surface area contributed by atoms with E-state index < -0.39 is 0 Å². The average Bonchev–Trinajstić information content (AvgIpc) is 3.35. The SMILES string of the molecule is CC12CCC(=O)CC1=CCC1[C@@H]2CCC2(C)[C@@H](OC(=O)CCC3CCCC3)CC[C@@H]12. The third-order valence-electron chi connectivity index (χ3n) is 10.4. The van der Waals surface area contributed by atoms with Crippen molar-refractivity contribution in [3.63, 3.8) is 0 Å². The molecular formula is C27H40O3. The van der Waals surface area contributed by atoms with Crippen molar-refractivity contribution in [3.8, 4) is 0 Å². The zero-order valence-corrected chi connectivity index (χ0v) is 19.1. The molecule has 0 bridgehead atoms. The van der Waals surface area contributed by atoms with E-state index in [1.807, 2.05) is 0 Å². The van der Waals surface area contributed by atoms with Gasteiger partial charge >= 0.3 is 5.97 Å². The van der Waals surface area contributed by atoms with E-state index in [9.17, 15) is 9.59 Å². The highest BCUT2D eigenvalue weighted by Crippen LogP contribution is 2.65. The van der Waals surface area contributed by atoms with Crippen LogP contribution < -0.4 is 0 Å². The van der Waals surface area contributed by atoms with Crippen LogP contribution in [0.2, 0.25) is 0 Å². The summed E-state index contributed by atoms with van der Waals surface area (Å²) in [7, 11) is 0. The largest absolute Gasteiger partial charge is 0.462 e. The fraction of sp³-hybridized carbons (Fsp3) is 0.852. The second kappa shape index (κ2) is 7.78. The van der Waals surface area contributed by atoms with E-state index in [2.05, 4.69) is 19.9 Å². The molecule has 0 radical (unpaired) electrons. The van der Waals surface area contributed by atoms with Crippen molar-refractivity contribution in [2.45, 2.75) is 110 Å². The lowest BCUT2D eigenvalue weighted by atomic mass is 9.48. The third kappa shape index (κ3) is 3.39. The van der Waals surface area contributed by atoms with Gasteiger partial charge in [-0.2, -0.15) is 0 Å². The van der Waals surface area contributed by atoms with Crippen LogP contribution in [0.15, 0.2) is 11.6 Å². The number of ketones is 1. The second-order valence-corrected chi connectivity index (χ2v) is 11.8. The molecule has 0 saturated heterocycles. The number of ether oxygens (including phenoxy) is 1. The summed E-state index contributed by atoms with van der Waals surface area (Å²) in [5, 5.41) is 0. The number of esters is 1. The molecular weight excluding hydrogens is 372 g/mol. The molecule has 0 heterocycles. The summed E-state index contributed by atoms with van der Waals surface area (Å²) in [6.07, 6.45) is 17.8. The van der Waals surface area contributed by atoms with Gasteiger partial charge in [0.15, 0.2) is 0 Å². The zero-order valence-electron chi connectivity index (χ0n) is 19.1. The molecule has 5 aliphatic rings. The van der Waals surface area contributed by atoms with E-state index in [1.54, 1.807) is 0 Å². The van der Waals surface area contributed by atoms with Crippen LogP contribution in [-0.4, -0.2) is 17.9 Å². The zero-order chi connectivity index (χ0) is 20.9. The van der Waals surface area contributed by atoms with Gasteiger partial charge in [0.2, 0.25) is 0 Å². The van der Waals surface area contributed by atoms with Crippen LogP contribution >= 0.6 is 0 Å². The summed E-state index contributed by atoms with van der Waals surface area (Å²) in [4.78, 5) is 24.7. The second-order valence-electron chi connectivity index (χ2n) is 11.8. The standard InChI is InChI=1S/C27H40O3/c1-26-15-13-20(28)17-19(26)8-9-21-22-10-11-24(27(22,2)16-14-23(21)26)30-25(29)12-7-18-5-3-4-6-18/h8,18,21-24H,3-7,9-17H2,1-2H3/t21?,22-,23-,24-,26?,27?/m0/s1. The van der Waals surface area contributed by atoms with Crippen LogP contribution in [0.25, 0.3) is 0 Å². The molecule has 4 fully saturated rings. The first kappa shape index (κ1) is 20.8. The van der Waals surface area contributed by atoms with Crippen molar-refractivity contribution < 1.29 is 14.3 Å². The fourth-order valence-electron chi connectivity index (χ4n) is 8.46. The topological polar surface area (TPSA) is 43.4 Å². The van der Waals surface area contributed by atoms with E-state index in [0.29, 0.717) is 36.4 Å². The number of hydrogen-bond acceptors (Lipinski definition) is 3. The maximum Gasteiger partial charge on any atom is 0.306 e. The minimum absolute atomic E-state index is 0.0551. The highest BCUT2D eigenvalue weighted by Gasteiger charge is 2.59. The van der Waals surface area contributed by atoms with E-state index in [-0.39, 0.29) is 22.9 Å². The lowest BCUT2D eigenvalue weighted by molar-refractivity contribution is -0.159. The van der Waals surface area contributed by atoms with E-state index >= 15 is 0 Å². The van der Waals surface area contributed by atoms with Gasteiger partial charge in [-0.15, -0.1) is 0 Å². The minimum Gasteiger partial charge on any atom is -0.462 e. The monoisotopic (exact) mass is 412 g/mol. The first-order valence-corrected chi connectivity index (χ1v) is 12.8. The Balaban J connectivity index is 1.26. The highest BCUT2D eigenvalue weighted by molar-refractivity contribution is 5.82. The summed E-state index contributed by atoms with van der Waals surface area (Å²) in [5.41, 5.74) is 1.82.